The summed E-state index contributed by atoms with van der Waals surface area (Å²) in [5, 5.41) is 9.32. The van der Waals surface area contributed by atoms with Crippen LogP contribution in [0.3, 0.4) is 0 Å². The van der Waals surface area contributed by atoms with E-state index in [1.54, 1.807) is 20.3 Å². The number of aliphatic hydroxyl groups is 1. The normalized spacial score (nSPS) is 10.5. The largest absolute Gasteiger partial charge is 0.497 e. The Balaban J connectivity index is 3.32. The van der Waals surface area contributed by atoms with E-state index in [1.165, 1.54) is 0 Å². The lowest BCUT2D eigenvalue weighted by atomic mass is 9.96. The Labute approximate surface area is 90.6 Å². The molecule has 0 amide bonds. The molecule has 3 heteroatoms. The van der Waals surface area contributed by atoms with Gasteiger partial charge < -0.3 is 14.6 Å². The number of ether oxygens (including phenoxy) is 2. The summed E-state index contributed by atoms with van der Waals surface area (Å²) in [6, 6.07) is 3.73. The zero-order chi connectivity index (χ0) is 11.4. The van der Waals surface area contributed by atoms with Crippen molar-refractivity contribution < 1.29 is 14.6 Å². The average molecular weight is 210 g/mol. The van der Waals surface area contributed by atoms with Crippen molar-refractivity contribution in [2.45, 2.75) is 26.4 Å². The molecular formula is C12H18O3. The maximum absolute atomic E-state index is 9.32. The van der Waals surface area contributed by atoms with E-state index in [2.05, 4.69) is 13.8 Å². The molecule has 0 fully saturated rings. The Hall–Kier alpha value is -1.22. The molecule has 0 aliphatic heterocycles. The van der Waals surface area contributed by atoms with Gasteiger partial charge in [0.25, 0.3) is 0 Å². The number of aliphatic hydroxyl groups excluding tert-OH is 1. The molecule has 1 aromatic carbocycles. The fourth-order valence-corrected chi connectivity index (χ4v) is 1.62. The topological polar surface area (TPSA) is 38.7 Å². The summed E-state index contributed by atoms with van der Waals surface area (Å²) in [6.07, 6.45) is 0. The van der Waals surface area contributed by atoms with Gasteiger partial charge in [0.1, 0.15) is 11.5 Å². The van der Waals surface area contributed by atoms with Gasteiger partial charge in [0.15, 0.2) is 0 Å². The first-order chi connectivity index (χ1) is 7.13. The van der Waals surface area contributed by atoms with E-state index in [4.69, 9.17) is 9.47 Å². The van der Waals surface area contributed by atoms with Crippen LogP contribution in [0.2, 0.25) is 0 Å². The Morgan fingerprint density at radius 2 is 1.87 bits per heavy atom. The van der Waals surface area contributed by atoms with E-state index in [0.29, 0.717) is 11.7 Å². The van der Waals surface area contributed by atoms with Crippen LogP contribution in [0, 0.1) is 0 Å². The molecule has 1 rings (SSSR count). The van der Waals surface area contributed by atoms with Gasteiger partial charge in [-0.15, -0.1) is 0 Å². The van der Waals surface area contributed by atoms with Crippen LogP contribution >= 0.6 is 0 Å². The van der Waals surface area contributed by atoms with Gasteiger partial charge in [0.2, 0.25) is 0 Å². The molecule has 0 aliphatic rings. The van der Waals surface area contributed by atoms with Crippen molar-refractivity contribution >= 4 is 0 Å². The minimum atomic E-state index is -0.0132. The standard InChI is InChI=1S/C12H18O3/c1-8(2)10-5-9(14-3)6-12(15-4)11(10)7-13/h5-6,8,13H,7H2,1-4H3. The van der Waals surface area contributed by atoms with Crippen LogP contribution in [0.15, 0.2) is 12.1 Å². The van der Waals surface area contributed by atoms with Gasteiger partial charge in [-0.2, -0.15) is 0 Å². The summed E-state index contributed by atoms with van der Waals surface area (Å²) in [7, 11) is 3.22. The van der Waals surface area contributed by atoms with Crippen molar-refractivity contribution in [3.05, 3.63) is 23.3 Å². The van der Waals surface area contributed by atoms with E-state index < -0.39 is 0 Å². The van der Waals surface area contributed by atoms with Crippen LogP contribution in [0.1, 0.15) is 30.9 Å². The molecular weight excluding hydrogens is 192 g/mol. The maximum Gasteiger partial charge on any atom is 0.128 e. The molecule has 1 N–H and O–H groups in total. The van der Waals surface area contributed by atoms with Gasteiger partial charge in [0, 0.05) is 11.6 Å². The smallest absolute Gasteiger partial charge is 0.128 e. The first kappa shape index (κ1) is 11.9. The van der Waals surface area contributed by atoms with E-state index in [1.807, 2.05) is 6.07 Å². The molecule has 3 nitrogen and oxygen atoms in total. The predicted molar refractivity (Wildman–Crippen MR) is 59.6 cm³/mol. The van der Waals surface area contributed by atoms with Gasteiger partial charge in [0.05, 0.1) is 20.8 Å². The van der Waals surface area contributed by atoms with Crippen molar-refractivity contribution in [3.8, 4) is 11.5 Å². The Bertz CT molecular complexity index is 332. The van der Waals surface area contributed by atoms with Crippen LogP contribution in [-0.4, -0.2) is 19.3 Å². The maximum atomic E-state index is 9.32. The Morgan fingerprint density at radius 1 is 1.20 bits per heavy atom. The van der Waals surface area contributed by atoms with Gasteiger partial charge in [-0.1, -0.05) is 13.8 Å². The first-order valence-corrected chi connectivity index (χ1v) is 4.99. The number of hydrogen-bond donors (Lipinski definition) is 1. The molecule has 0 bridgehead atoms. The zero-order valence-electron chi connectivity index (χ0n) is 9.70. The van der Waals surface area contributed by atoms with E-state index >= 15 is 0 Å². The molecule has 0 spiro atoms. The van der Waals surface area contributed by atoms with Gasteiger partial charge in [-0.05, 0) is 17.5 Å². The molecule has 0 radical (unpaired) electrons. The Kier molecular flexibility index (Phi) is 3.97. The molecule has 84 valence electrons. The molecule has 0 atom stereocenters. The third kappa shape index (κ3) is 2.42. The van der Waals surface area contributed by atoms with E-state index in [-0.39, 0.29) is 6.61 Å². The Morgan fingerprint density at radius 3 is 2.27 bits per heavy atom. The minimum Gasteiger partial charge on any atom is -0.497 e. The SMILES string of the molecule is COc1cc(OC)c(CO)c(C(C)C)c1. The van der Waals surface area contributed by atoms with Gasteiger partial charge in [-0.25, -0.2) is 0 Å². The highest BCUT2D eigenvalue weighted by Crippen LogP contribution is 2.32. The lowest BCUT2D eigenvalue weighted by molar-refractivity contribution is 0.271. The highest BCUT2D eigenvalue weighted by atomic mass is 16.5. The second-order valence-electron chi connectivity index (χ2n) is 3.71. The molecule has 1 aromatic rings. The highest BCUT2D eigenvalue weighted by molar-refractivity contribution is 5.47. The second kappa shape index (κ2) is 5.03. The van der Waals surface area contributed by atoms with Gasteiger partial charge in [-0.3, -0.25) is 0 Å². The van der Waals surface area contributed by atoms with Crippen molar-refractivity contribution in [1.29, 1.82) is 0 Å². The van der Waals surface area contributed by atoms with Crippen molar-refractivity contribution in [2.75, 3.05) is 14.2 Å². The number of benzene rings is 1. The average Bonchev–Trinajstić information content (AvgIpc) is 2.26. The molecule has 0 unspecified atom stereocenters. The quantitative estimate of drug-likeness (QED) is 0.828. The summed E-state index contributed by atoms with van der Waals surface area (Å²) >= 11 is 0. The fourth-order valence-electron chi connectivity index (χ4n) is 1.62. The summed E-state index contributed by atoms with van der Waals surface area (Å²) in [6.45, 7) is 4.14. The summed E-state index contributed by atoms with van der Waals surface area (Å²) in [5.41, 5.74) is 1.90. The monoisotopic (exact) mass is 210 g/mol. The first-order valence-electron chi connectivity index (χ1n) is 4.99. The molecule has 0 saturated heterocycles. The minimum absolute atomic E-state index is 0.0132. The molecule has 15 heavy (non-hydrogen) atoms. The predicted octanol–water partition coefficient (Wildman–Crippen LogP) is 2.32. The molecule has 0 heterocycles. The summed E-state index contributed by atoms with van der Waals surface area (Å²) in [4.78, 5) is 0. The number of rotatable bonds is 4. The number of methoxy groups -OCH3 is 2. The van der Waals surface area contributed by atoms with Crippen molar-refractivity contribution in [3.63, 3.8) is 0 Å². The van der Waals surface area contributed by atoms with Crippen LogP contribution in [0.25, 0.3) is 0 Å². The highest BCUT2D eigenvalue weighted by Gasteiger charge is 2.13. The van der Waals surface area contributed by atoms with E-state index in [9.17, 15) is 5.11 Å². The van der Waals surface area contributed by atoms with E-state index in [0.717, 1.165) is 16.9 Å². The van der Waals surface area contributed by atoms with Gasteiger partial charge >= 0.3 is 0 Å². The third-order valence-corrected chi connectivity index (χ3v) is 2.45. The third-order valence-electron chi connectivity index (χ3n) is 2.45. The zero-order valence-corrected chi connectivity index (χ0v) is 9.70. The van der Waals surface area contributed by atoms with Crippen LogP contribution in [-0.2, 0) is 6.61 Å². The van der Waals surface area contributed by atoms with Crippen LogP contribution < -0.4 is 9.47 Å². The number of hydrogen-bond acceptors (Lipinski definition) is 3. The van der Waals surface area contributed by atoms with Crippen LogP contribution in [0.5, 0.6) is 11.5 Å². The fraction of sp³-hybridized carbons (Fsp3) is 0.500. The summed E-state index contributed by atoms with van der Waals surface area (Å²) in [5.74, 6) is 1.77. The molecule has 0 saturated carbocycles. The molecule has 0 aliphatic carbocycles. The lowest BCUT2D eigenvalue weighted by Gasteiger charge is -2.16. The van der Waals surface area contributed by atoms with Crippen molar-refractivity contribution in [1.82, 2.24) is 0 Å². The van der Waals surface area contributed by atoms with Crippen LogP contribution in [0.4, 0.5) is 0 Å². The summed E-state index contributed by atoms with van der Waals surface area (Å²) < 4.78 is 10.4. The van der Waals surface area contributed by atoms with Crippen molar-refractivity contribution in [2.24, 2.45) is 0 Å². The lowest BCUT2D eigenvalue weighted by Crippen LogP contribution is -2.01. The second-order valence-corrected chi connectivity index (χ2v) is 3.71. The molecule has 0 aromatic heterocycles.